The number of rotatable bonds is 6. The third-order valence-electron chi connectivity index (χ3n) is 4.59. The number of hydrogen-bond donors (Lipinski definition) is 3. The zero-order valence-corrected chi connectivity index (χ0v) is 15.1. The van der Waals surface area contributed by atoms with E-state index in [2.05, 4.69) is 16.0 Å². The highest BCUT2D eigenvalue weighted by molar-refractivity contribution is 7.92. The molecule has 0 bridgehead atoms. The summed E-state index contributed by atoms with van der Waals surface area (Å²) in [5, 5.41) is 8.13. The summed E-state index contributed by atoms with van der Waals surface area (Å²) in [4.78, 5) is 23.3. The summed E-state index contributed by atoms with van der Waals surface area (Å²) in [6.07, 6.45) is 1.95. The largest absolute Gasteiger partial charge is 0.332 e. The van der Waals surface area contributed by atoms with Gasteiger partial charge >= 0.3 is 6.03 Å². The van der Waals surface area contributed by atoms with E-state index in [-0.39, 0.29) is 29.8 Å². The lowest BCUT2D eigenvalue weighted by Gasteiger charge is -2.16. The van der Waals surface area contributed by atoms with Gasteiger partial charge in [-0.1, -0.05) is 18.0 Å². The van der Waals surface area contributed by atoms with Crippen molar-refractivity contribution in [1.82, 2.24) is 10.6 Å². The van der Waals surface area contributed by atoms with Crippen LogP contribution in [0.25, 0.3) is 0 Å². The molecule has 0 aromatic heterocycles. The van der Waals surface area contributed by atoms with E-state index in [1.165, 1.54) is 0 Å². The van der Waals surface area contributed by atoms with E-state index >= 15 is 0 Å². The summed E-state index contributed by atoms with van der Waals surface area (Å²) >= 11 is 5.79. The number of hydrogen-bond acceptors (Lipinski definition) is 4. The van der Waals surface area contributed by atoms with Crippen molar-refractivity contribution >= 4 is 39.1 Å². The minimum Gasteiger partial charge on any atom is -0.332 e. The molecule has 0 saturated carbocycles. The zero-order chi connectivity index (χ0) is 18.0. The van der Waals surface area contributed by atoms with Crippen molar-refractivity contribution in [3.8, 4) is 0 Å². The Morgan fingerprint density at radius 1 is 1.20 bits per heavy atom. The molecule has 25 heavy (non-hydrogen) atoms. The second-order valence-electron chi connectivity index (χ2n) is 6.42. The van der Waals surface area contributed by atoms with Crippen LogP contribution in [0.4, 0.5) is 10.5 Å². The Labute approximate surface area is 151 Å². The number of urea groups is 1. The van der Waals surface area contributed by atoms with Crippen LogP contribution in [0.1, 0.15) is 25.7 Å². The lowest BCUT2D eigenvalue weighted by Crippen LogP contribution is -2.39. The summed E-state index contributed by atoms with van der Waals surface area (Å²) < 4.78 is 24.4. The molecule has 2 saturated heterocycles. The fourth-order valence-electron chi connectivity index (χ4n) is 3.39. The second kappa shape index (κ2) is 7.21. The maximum atomic E-state index is 12.2. The Morgan fingerprint density at radius 3 is 2.64 bits per heavy atom. The number of carbonyl (C=O) groups is 2. The summed E-state index contributed by atoms with van der Waals surface area (Å²) in [6.45, 7) is 0. The van der Waals surface area contributed by atoms with Crippen LogP contribution in [0, 0.1) is 0 Å². The van der Waals surface area contributed by atoms with Crippen molar-refractivity contribution in [3.05, 3.63) is 29.3 Å². The van der Waals surface area contributed by atoms with Gasteiger partial charge in [0.15, 0.2) is 9.84 Å². The molecule has 9 heteroatoms. The molecule has 1 aromatic carbocycles. The highest BCUT2D eigenvalue weighted by atomic mass is 35.5. The fourth-order valence-corrected chi connectivity index (χ4v) is 5.79. The predicted molar refractivity (Wildman–Crippen MR) is 95.4 cm³/mol. The normalized spacial score (nSPS) is 26.6. The molecule has 0 radical (unpaired) electrons. The summed E-state index contributed by atoms with van der Waals surface area (Å²) in [6, 6.07) is 5.83. The van der Waals surface area contributed by atoms with Crippen LogP contribution < -0.4 is 16.0 Å². The molecule has 7 nitrogen and oxygen atoms in total. The SMILES string of the molecule is O=C(CCCC[C@@H]1[C@@H]2NC(=O)N[C@@H]2CS1(=O)=O)Nc1ccc(Cl)cc1. The maximum Gasteiger partial charge on any atom is 0.315 e. The first-order chi connectivity index (χ1) is 11.8. The average Bonchev–Trinajstić information content (AvgIpc) is 2.98. The molecule has 2 aliphatic rings. The number of carbonyl (C=O) groups excluding carboxylic acids is 2. The molecule has 136 valence electrons. The molecule has 1 aromatic rings. The van der Waals surface area contributed by atoms with Gasteiger partial charge in [-0.05, 0) is 37.1 Å². The molecule has 2 fully saturated rings. The van der Waals surface area contributed by atoms with Crippen LogP contribution >= 0.6 is 11.6 Å². The van der Waals surface area contributed by atoms with Crippen LogP contribution in [0.15, 0.2) is 24.3 Å². The highest BCUT2D eigenvalue weighted by Gasteiger charge is 2.51. The van der Waals surface area contributed by atoms with Crippen molar-refractivity contribution in [3.63, 3.8) is 0 Å². The topological polar surface area (TPSA) is 104 Å². The predicted octanol–water partition coefficient (Wildman–Crippen LogP) is 1.69. The number of amides is 3. The minimum atomic E-state index is -3.21. The first-order valence-electron chi connectivity index (χ1n) is 8.19. The molecule has 0 spiro atoms. The van der Waals surface area contributed by atoms with Crippen LogP contribution in [-0.2, 0) is 14.6 Å². The quantitative estimate of drug-likeness (QED) is 0.512. The van der Waals surface area contributed by atoms with Gasteiger partial charge in [-0.3, -0.25) is 4.79 Å². The Kier molecular flexibility index (Phi) is 5.19. The number of sulfone groups is 1. The van der Waals surface area contributed by atoms with Crippen LogP contribution in [0.3, 0.4) is 0 Å². The molecule has 3 rings (SSSR count). The van der Waals surface area contributed by atoms with Gasteiger partial charge in [-0.25, -0.2) is 13.2 Å². The van der Waals surface area contributed by atoms with Crippen LogP contribution in [0.2, 0.25) is 5.02 Å². The average molecular weight is 386 g/mol. The summed E-state index contributed by atoms with van der Waals surface area (Å²) in [7, 11) is -3.21. The van der Waals surface area contributed by atoms with Crippen molar-refractivity contribution in [2.75, 3.05) is 11.1 Å². The number of fused-ring (bicyclic) bond motifs is 1. The lowest BCUT2D eigenvalue weighted by atomic mass is 10.0. The third kappa shape index (κ3) is 4.24. The van der Waals surface area contributed by atoms with E-state index in [1.54, 1.807) is 24.3 Å². The fraction of sp³-hybridized carbons (Fsp3) is 0.500. The zero-order valence-electron chi connectivity index (χ0n) is 13.5. The molecular formula is C16H20ClN3O4S. The monoisotopic (exact) mass is 385 g/mol. The summed E-state index contributed by atoms with van der Waals surface area (Å²) in [5.41, 5.74) is 0.676. The maximum absolute atomic E-state index is 12.2. The van der Waals surface area contributed by atoms with Gasteiger partial charge in [-0.15, -0.1) is 0 Å². The van der Waals surface area contributed by atoms with Gasteiger partial charge in [0.1, 0.15) is 0 Å². The Bertz CT molecular complexity index is 766. The molecule has 0 unspecified atom stereocenters. The van der Waals surface area contributed by atoms with E-state index in [4.69, 9.17) is 11.6 Å². The Morgan fingerprint density at radius 2 is 1.92 bits per heavy atom. The lowest BCUT2D eigenvalue weighted by molar-refractivity contribution is -0.116. The third-order valence-corrected chi connectivity index (χ3v) is 7.12. The molecular weight excluding hydrogens is 366 g/mol. The van der Waals surface area contributed by atoms with Crippen molar-refractivity contribution in [2.24, 2.45) is 0 Å². The number of halogens is 1. The number of anilines is 1. The molecule has 0 aliphatic carbocycles. The van der Waals surface area contributed by atoms with E-state index in [0.717, 1.165) is 0 Å². The minimum absolute atomic E-state index is 0.0157. The van der Waals surface area contributed by atoms with Gasteiger partial charge in [0.25, 0.3) is 0 Å². The van der Waals surface area contributed by atoms with E-state index in [9.17, 15) is 18.0 Å². The van der Waals surface area contributed by atoms with Gasteiger partial charge < -0.3 is 16.0 Å². The van der Waals surface area contributed by atoms with E-state index < -0.39 is 15.1 Å². The standard InChI is InChI=1S/C16H20ClN3O4S/c17-10-5-7-11(8-6-10)18-14(21)4-2-1-3-13-15-12(9-25(13,23)24)19-16(22)20-15/h5-8,12-13,15H,1-4,9H2,(H,18,21)(H2,19,20,22)/t12-,13-,15-/m1/s1. The second-order valence-corrected chi connectivity index (χ2v) is 9.12. The van der Waals surface area contributed by atoms with Gasteiger partial charge in [0.2, 0.25) is 5.91 Å². The van der Waals surface area contributed by atoms with Gasteiger partial charge in [-0.2, -0.15) is 0 Å². The number of benzene rings is 1. The molecule has 3 atom stereocenters. The van der Waals surface area contributed by atoms with E-state index in [0.29, 0.717) is 36.4 Å². The molecule has 3 N–H and O–H groups in total. The Balaban J connectivity index is 1.44. The first-order valence-corrected chi connectivity index (χ1v) is 10.3. The van der Waals surface area contributed by atoms with E-state index in [1.807, 2.05) is 0 Å². The molecule has 3 amide bonds. The van der Waals surface area contributed by atoms with Gasteiger partial charge in [0.05, 0.1) is 23.1 Å². The number of unbranched alkanes of at least 4 members (excludes halogenated alkanes) is 1. The smallest absolute Gasteiger partial charge is 0.315 e. The molecule has 2 heterocycles. The molecule has 2 aliphatic heterocycles. The van der Waals surface area contributed by atoms with Gasteiger partial charge in [0, 0.05) is 17.1 Å². The number of nitrogens with one attached hydrogen (secondary N) is 3. The first kappa shape index (κ1) is 18.0. The van der Waals surface area contributed by atoms with Crippen molar-refractivity contribution in [2.45, 2.75) is 43.0 Å². The van der Waals surface area contributed by atoms with Crippen molar-refractivity contribution < 1.29 is 18.0 Å². The van der Waals surface area contributed by atoms with Crippen LogP contribution in [0.5, 0.6) is 0 Å². The highest BCUT2D eigenvalue weighted by Crippen LogP contribution is 2.28. The summed E-state index contributed by atoms with van der Waals surface area (Å²) in [5.74, 6) is -0.136. The van der Waals surface area contributed by atoms with Crippen molar-refractivity contribution in [1.29, 1.82) is 0 Å². The Hall–Kier alpha value is -1.80. The van der Waals surface area contributed by atoms with Crippen LogP contribution in [-0.4, -0.2) is 43.4 Å².